The molecular formula is C27H34N6O2. The minimum atomic E-state index is -0.109. The van der Waals surface area contributed by atoms with E-state index in [9.17, 15) is 9.59 Å². The summed E-state index contributed by atoms with van der Waals surface area (Å²) in [5.41, 5.74) is 4.12. The predicted octanol–water partition coefficient (Wildman–Crippen LogP) is 2.59. The number of aromatic nitrogens is 3. The molecule has 1 saturated heterocycles. The van der Waals surface area contributed by atoms with Crippen LogP contribution in [0.15, 0.2) is 47.4 Å². The summed E-state index contributed by atoms with van der Waals surface area (Å²) in [6.45, 7) is 7.59. The summed E-state index contributed by atoms with van der Waals surface area (Å²) in [5, 5.41) is 3.15. The number of amides is 1. The van der Waals surface area contributed by atoms with Crippen molar-refractivity contribution in [2.24, 2.45) is 5.92 Å². The lowest BCUT2D eigenvalue weighted by Gasteiger charge is -2.32. The largest absolute Gasteiger partial charge is 0.356 e. The van der Waals surface area contributed by atoms with Crippen molar-refractivity contribution in [2.75, 3.05) is 37.6 Å². The van der Waals surface area contributed by atoms with Gasteiger partial charge in [0.05, 0.1) is 0 Å². The maximum atomic E-state index is 13.0. The van der Waals surface area contributed by atoms with Gasteiger partial charge in [0.1, 0.15) is 5.52 Å². The molecule has 0 aliphatic carbocycles. The number of nitrogens with zero attached hydrogens (tertiary/aromatic N) is 5. The first-order chi connectivity index (χ1) is 17.1. The van der Waals surface area contributed by atoms with Crippen LogP contribution in [0.3, 0.4) is 0 Å². The van der Waals surface area contributed by atoms with Gasteiger partial charge in [0.25, 0.3) is 5.56 Å². The molecule has 8 heteroatoms. The van der Waals surface area contributed by atoms with E-state index in [-0.39, 0.29) is 17.4 Å². The van der Waals surface area contributed by atoms with Crippen LogP contribution in [0.25, 0.3) is 11.2 Å². The number of pyridine rings is 1. The zero-order valence-corrected chi connectivity index (χ0v) is 20.4. The zero-order valence-electron chi connectivity index (χ0n) is 20.4. The lowest BCUT2D eigenvalue weighted by atomic mass is 9.96. The number of benzene rings is 1. The Kier molecular flexibility index (Phi) is 7.08. The SMILES string of the molecule is CCn1c(=O)c(N2CCC(C(=O)NCCCN3CCc4ccccc4C3)CC2)nc2cccnc21. The van der Waals surface area contributed by atoms with Crippen LogP contribution in [0.5, 0.6) is 0 Å². The number of fused-ring (bicyclic) bond motifs is 2. The smallest absolute Gasteiger partial charge is 0.295 e. The maximum absolute atomic E-state index is 13.0. The molecule has 2 aliphatic heterocycles. The fourth-order valence-corrected chi connectivity index (χ4v) is 5.32. The van der Waals surface area contributed by atoms with Gasteiger partial charge in [-0.3, -0.25) is 19.1 Å². The van der Waals surface area contributed by atoms with Crippen molar-refractivity contribution in [3.8, 4) is 0 Å². The minimum absolute atomic E-state index is 0.0105. The van der Waals surface area contributed by atoms with E-state index in [0.717, 1.165) is 50.8 Å². The molecule has 2 aliphatic rings. The van der Waals surface area contributed by atoms with Gasteiger partial charge in [-0.15, -0.1) is 0 Å². The van der Waals surface area contributed by atoms with Crippen molar-refractivity contribution in [1.82, 2.24) is 24.8 Å². The Labute approximate surface area is 206 Å². The topological polar surface area (TPSA) is 83.4 Å². The van der Waals surface area contributed by atoms with Crippen LogP contribution in [0.2, 0.25) is 0 Å². The Balaban J connectivity index is 1.10. The molecule has 1 aromatic carbocycles. The van der Waals surface area contributed by atoms with E-state index in [1.54, 1.807) is 10.8 Å². The third-order valence-electron chi connectivity index (χ3n) is 7.33. The Morgan fingerprint density at radius 1 is 1.09 bits per heavy atom. The number of carbonyl (C=O) groups is 1. The highest BCUT2D eigenvalue weighted by atomic mass is 16.2. The molecular weight excluding hydrogens is 440 g/mol. The number of aryl methyl sites for hydroxylation is 1. The Bertz CT molecular complexity index is 1250. The van der Waals surface area contributed by atoms with E-state index >= 15 is 0 Å². The number of rotatable bonds is 7. The molecule has 4 heterocycles. The summed E-state index contributed by atoms with van der Waals surface area (Å²) in [6, 6.07) is 12.4. The summed E-state index contributed by atoms with van der Waals surface area (Å²) >= 11 is 0. The highest BCUT2D eigenvalue weighted by Gasteiger charge is 2.27. The molecule has 0 bridgehead atoms. The summed E-state index contributed by atoms with van der Waals surface area (Å²) in [7, 11) is 0. The van der Waals surface area contributed by atoms with Gasteiger partial charge in [-0.2, -0.15) is 0 Å². The fraction of sp³-hybridized carbons (Fsp3) is 0.481. The van der Waals surface area contributed by atoms with Crippen molar-refractivity contribution in [3.05, 3.63) is 64.1 Å². The van der Waals surface area contributed by atoms with E-state index in [1.807, 2.05) is 24.0 Å². The second-order valence-electron chi connectivity index (χ2n) is 9.53. The van der Waals surface area contributed by atoms with Crippen molar-refractivity contribution < 1.29 is 4.79 Å². The average molecular weight is 475 g/mol. The Morgan fingerprint density at radius 3 is 2.69 bits per heavy atom. The standard InChI is InChI=1S/C27H34N6O2/c1-2-33-24-23(9-5-13-28-24)30-25(27(33)35)32-17-11-21(12-18-32)26(34)29-14-6-15-31-16-10-20-7-3-4-8-22(20)19-31/h3-5,7-9,13,21H,2,6,10-12,14-19H2,1H3,(H,29,34). The van der Waals surface area contributed by atoms with Crippen LogP contribution >= 0.6 is 0 Å². The monoisotopic (exact) mass is 474 g/mol. The molecule has 3 aromatic rings. The van der Waals surface area contributed by atoms with Gasteiger partial charge < -0.3 is 10.2 Å². The summed E-state index contributed by atoms with van der Waals surface area (Å²) in [4.78, 5) is 39.3. The number of hydrogen-bond acceptors (Lipinski definition) is 6. The average Bonchev–Trinajstić information content (AvgIpc) is 2.90. The Hall–Kier alpha value is -3.26. The molecule has 0 unspecified atom stereocenters. The molecule has 184 valence electrons. The summed E-state index contributed by atoms with van der Waals surface area (Å²) < 4.78 is 1.68. The van der Waals surface area contributed by atoms with Gasteiger partial charge in [-0.05, 0) is 55.9 Å². The quantitative estimate of drug-likeness (QED) is 0.530. The first-order valence-electron chi connectivity index (χ1n) is 12.8. The summed E-state index contributed by atoms with van der Waals surface area (Å²) in [5.74, 6) is 0.591. The number of anilines is 1. The fourth-order valence-electron chi connectivity index (χ4n) is 5.32. The van der Waals surface area contributed by atoms with E-state index in [0.29, 0.717) is 37.6 Å². The Morgan fingerprint density at radius 2 is 1.89 bits per heavy atom. The van der Waals surface area contributed by atoms with Gasteiger partial charge in [-0.25, -0.2) is 9.97 Å². The first-order valence-corrected chi connectivity index (χ1v) is 12.8. The first kappa shape index (κ1) is 23.5. The lowest BCUT2D eigenvalue weighted by molar-refractivity contribution is -0.125. The maximum Gasteiger partial charge on any atom is 0.295 e. The van der Waals surface area contributed by atoms with Crippen molar-refractivity contribution in [2.45, 2.75) is 45.7 Å². The highest BCUT2D eigenvalue weighted by molar-refractivity contribution is 5.79. The van der Waals surface area contributed by atoms with Crippen LogP contribution in [-0.4, -0.2) is 58.1 Å². The number of nitrogens with one attached hydrogen (secondary N) is 1. The van der Waals surface area contributed by atoms with Crippen molar-refractivity contribution in [3.63, 3.8) is 0 Å². The van der Waals surface area contributed by atoms with Gasteiger partial charge in [-0.1, -0.05) is 24.3 Å². The van der Waals surface area contributed by atoms with Crippen LogP contribution < -0.4 is 15.8 Å². The molecule has 2 aromatic heterocycles. The van der Waals surface area contributed by atoms with Crippen molar-refractivity contribution >= 4 is 22.9 Å². The molecule has 35 heavy (non-hydrogen) atoms. The van der Waals surface area contributed by atoms with Gasteiger partial charge >= 0.3 is 0 Å². The number of piperidine rings is 1. The number of hydrogen-bond donors (Lipinski definition) is 1. The predicted molar refractivity (Wildman–Crippen MR) is 137 cm³/mol. The molecule has 1 fully saturated rings. The highest BCUT2D eigenvalue weighted by Crippen LogP contribution is 2.22. The molecule has 5 rings (SSSR count). The molecule has 0 spiro atoms. The van der Waals surface area contributed by atoms with Gasteiger partial charge in [0.2, 0.25) is 5.91 Å². The third kappa shape index (κ3) is 5.07. The number of carbonyl (C=O) groups excluding carboxylic acids is 1. The van der Waals surface area contributed by atoms with Crippen LogP contribution in [0, 0.1) is 5.92 Å². The molecule has 0 radical (unpaired) electrons. The molecule has 1 N–H and O–H groups in total. The normalized spacial score (nSPS) is 16.9. The van der Waals surface area contributed by atoms with E-state index < -0.39 is 0 Å². The van der Waals surface area contributed by atoms with E-state index in [4.69, 9.17) is 0 Å². The second-order valence-corrected chi connectivity index (χ2v) is 9.53. The zero-order chi connectivity index (χ0) is 24.2. The summed E-state index contributed by atoms with van der Waals surface area (Å²) in [6.07, 6.45) is 5.20. The van der Waals surface area contributed by atoms with Gasteiger partial charge in [0, 0.05) is 57.9 Å². The van der Waals surface area contributed by atoms with Crippen LogP contribution in [-0.2, 0) is 24.3 Å². The molecule has 0 saturated carbocycles. The molecule has 8 nitrogen and oxygen atoms in total. The van der Waals surface area contributed by atoms with E-state index in [2.05, 4.69) is 44.5 Å². The molecule has 0 atom stereocenters. The second kappa shape index (κ2) is 10.6. The van der Waals surface area contributed by atoms with Gasteiger partial charge in [0.15, 0.2) is 11.5 Å². The third-order valence-corrected chi connectivity index (χ3v) is 7.33. The van der Waals surface area contributed by atoms with E-state index in [1.165, 1.54) is 11.1 Å². The van der Waals surface area contributed by atoms with Crippen LogP contribution in [0.4, 0.5) is 5.82 Å². The van der Waals surface area contributed by atoms with Crippen molar-refractivity contribution in [1.29, 1.82) is 0 Å². The van der Waals surface area contributed by atoms with Crippen LogP contribution in [0.1, 0.15) is 37.3 Å². The lowest BCUT2D eigenvalue weighted by Crippen LogP contribution is -2.43. The minimum Gasteiger partial charge on any atom is -0.356 e. The molecule has 1 amide bonds.